The highest BCUT2D eigenvalue weighted by Crippen LogP contribution is 2.54. The van der Waals surface area contributed by atoms with Crippen molar-refractivity contribution in [2.24, 2.45) is 0 Å². The van der Waals surface area contributed by atoms with Crippen molar-refractivity contribution >= 4 is 51.8 Å². The van der Waals surface area contributed by atoms with Gasteiger partial charge in [0.25, 0.3) is 0 Å². The maximum absolute atomic E-state index is 14.6. The van der Waals surface area contributed by atoms with Crippen molar-refractivity contribution in [1.82, 2.24) is 0 Å². The van der Waals surface area contributed by atoms with E-state index in [0.29, 0.717) is 36.4 Å². The number of ether oxygens (including phenoxy) is 6. The summed E-state index contributed by atoms with van der Waals surface area (Å²) in [4.78, 5) is 71.2. The smallest absolute Gasteiger partial charge is 0.340 e. The Bertz CT molecular complexity index is 3180. The molecule has 1 saturated heterocycles. The minimum absolute atomic E-state index is 0.414. The van der Waals surface area contributed by atoms with Crippen LogP contribution in [-0.2, 0) is 28.4 Å². The molecule has 0 saturated carbocycles. The molecule has 5 atom stereocenters. The molecule has 0 spiro atoms. The van der Waals surface area contributed by atoms with Gasteiger partial charge in [-0.05, 0) is 36.4 Å². The predicted molar refractivity (Wildman–Crippen MR) is 206 cm³/mol. The van der Waals surface area contributed by atoms with E-state index in [0.717, 1.165) is 0 Å². The summed E-state index contributed by atoms with van der Waals surface area (Å²) in [6.07, 6.45) is -11.7. The third kappa shape index (κ3) is 6.16. The first-order valence-corrected chi connectivity index (χ1v) is 18.5. The Morgan fingerprint density at radius 3 is 1.39 bits per heavy atom. The molecule has 1 aromatic heterocycles. The molecule has 4 bridgehead atoms. The van der Waals surface area contributed by atoms with Gasteiger partial charge in [-0.15, -0.1) is 0 Å². The number of phenolic OH excluding ortho intramolecular Hbond substituents is 13. The van der Waals surface area contributed by atoms with E-state index in [1.807, 2.05) is 0 Å². The monoisotopic (exact) mass is 918 g/mol. The number of phenols is 13. The molecule has 25 nitrogen and oxygen atoms in total. The number of cyclic esters (lactones) is 1. The van der Waals surface area contributed by atoms with E-state index in [4.69, 9.17) is 32.8 Å². The van der Waals surface area contributed by atoms with Crippen LogP contribution in [-0.4, -0.2) is 134 Å². The molecule has 0 aliphatic carbocycles. The number of hydrogen-bond donors (Lipinski definition) is 13. The maximum Gasteiger partial charge on any atom is 0.340 e. The van der Waals surface area contributed by atoms with Crippen LogP contribution in [0.15, 0.2) is 40.8 Å². The predicted octanol–water partition coefficient (Wildman–Crippen LogP) is 2.47. The highest BCUT2D eigenvalue weighted by atomic mass is 16.7. The van der Waals surface area contributed by atoms with Gasteiger partial charge in [0.2, 0.25) is 35.4 Å². The fourth-order valence-corrected chi connectivity index (χ4v) is 7.71. The summed E-state index contributed by atoms with van der Waals surface area (Å²) in [5.41, 5.74) is -8.06. The molecular weight excluding hydrogens is 892 g/mol. The minimum Gasteiger partial charge on any atom is -0.504 e. The average Bonchev–Trinajstić information content (AvgIpc) is 3.67. The lowest BCUT2D eigenvalue weighted by Crippen LogP contribution is -2.63. The molecule has 3 aliphatic rings. The van der Waals surface area contributed by atoms with Gasteiger partial charge in [-0.1, -0.05) is 0 Å². The summed E-state index contributed by atoms with van der Waals surface area (Å²) >= 11 is 0. The number of carbonyl (C=O) groups is 5. The number of carbonyl (C=O) groups excluding carboxylic acids is 5. The Hall–Kier alpha value is -9.39. The average molecular weight is 919 g/mol. The van der Waals surface area contributed by atoms with E-state index in [9.17, 15) is 90.4 Å². The number of hydrogen-bond acceptors (Lipinski definition) is 25. The summed E-state index contributed by atoms with van der Waals surface area (Å²) in [5, 5.41) is 136. The standard InChI is InChI=1S/C41H26O25/c42-13-1-8(2-14(43)24(13)48)36(55)66-41-35-34-31(63-39(58)11-5-17(46)27(51)32-22(11)23-12(40(59)65-35)6-18(47)28(52)33(23)62-32)19(61-41)7-60-37(56)9-3-15(44)25(49)29(53)20(9)21-10(38(57)64-34)4-16(45)26(50)30(21)54/h1-6,19,31,34-35,41-54H,7H2. The lowest BCUT2D eigenvalue weighted by molar-refractivity contribution is -0.282. The van der Waals surface area contributed by atoms with Crippen LogP contribution >= 0.6 is 0 Å². The number of esters is 5. The Kier molecular flexibility index (Phi) is 9.27. The van der Waals surface area contributed by atoms with E-state index >= 15 is 0 Å². The fourth-order valence-electron chi connectivity index (χ4n) is 7.71. The topological polar surface area (TPSA) is 417 Å². The first-order valence-electron chi connectivity index (χ1n) is 18.5. The van der Waals surface area contributed by atoms with Crippen LogP contribution in [0.3, 0.4) is 0 Å². The highest BCUT2D eigenvalue weighted by Gasteiger charge is 2.56. The number of benzene rings is 5. The minimum atomic E-state index is -2.46. The normalized spacial score (nSPS) is 20.4. The molecule has 4 heterocycles. The molecule has 3 aliphatic heterocycles. The van der Waals surface area contributed by atoms with Crippen LogP contribution in [0, 0.1) is 0 Å². The number of fused-ring (bicyclic) bond motifs is 3. The number of rotatable bonds is 2. The van der Waals surface area contributed by atoms with Crippen molar-refractivity contribution in [1.29, 1.82) is 0 Å². The van der Waals surface area contributed by atoms with Gasteiger partial charge in [-0.2, -0.15) is 0 Å². The van der Waals surface area contributed by atoms with Gasteiger partial charge in [0, 0.05) is 21.9 Å². The van der Waals surface area contributed by atoms with Crippen molar-refractivity contribution in [2.75, 3.05) is 6.61 Å². The molecule has 66 heavy (non-hydrogen) atoms. The zero-order valence-corrected chi connectivity index (χ0v) is 32.3. The Morgan fingerprint density at radius 1 is 0.470 bits per heavy atom. The Balaban J connectivity index is 1.30. The maximum atomic E-state index is 14.6. The molecule has 5 unspecified atom stereocenters. The van der Waals surface area contributed by atoms with E-state index < -0.39 is 203 Å². The fraction of sp³-hybridized carbons (Fsp3) is 0.146. The van der Waals surface area contributed by atoms with Crippen molar-refractivity contribution in [3.63, 3.8) is 0 Å². The summed E-state index contributed by atoms with van der Waals surface area (Å²) in [7, 11) is 0. The zero-order valence-electron chi connectivity index (χ0n) is 32.3. The summed E-state index contributed by atoms with van der Waals surface area (Å²) < 4.78 is 39.7. The quantitative estimate of drug-likeness (QED) is 0.0674. The lowest BCUT2D eigenvalue weighted by Gasteiger charge is -2.44. The van der Waals surface area contributed by atoms with Crippen LogP contribution in [0.25, 0.3) is 33.1 Å². The molecule has 5 aromatic carbocycles. The summed E-state index contributed by atoms with van der Waals surface area (Å²) in [6, 6.07) is 3.32. The van der Waals surface area contributed by atoms with Crippen LogP contribution in [0.4, 0.5) is 0 Å². The van der Waals surface area contributed by atoms with E-state index in [1.54, 1.807) is 0 Å². The largest absolute Gasteiger partial charge is 0.504 e. The SMILES string of the molecule is O=C(OC1OC2COC(=O)c3cc(O)c(O)c(O)c3-c3c(cc(O)c(O)c3O)C(=O)OC3C2OC(=O)c2cc(O)c(O)c4oc5c(O)c(O)cc(c5c24)C(=O)OC13)c1cc(O)c(O)c(O)c1. The van der Waals surface area contributed by atoms with E-state index in [1.165, 1.54) is 0 Å². The number of aromatic hydroxyl groups is 13. The molecule has 13 N–H and O–H groups in total. The summed E-state index contributed by atoms with van der Waals surface area (Å²) in [6.45, 7) is -1.21. The molecule has 0 amide bonds. The molecule has 25 heteroatoms. The molecule has 1 fully saturated rings. The highest BCUT2D eigenvalue weighted by molar-refractivity contribution is 6.23. The van der Waals surface area contributed by atoms with Gasteiger partial charge >= 0.3 is 29.8 Å². The van der Waals surface area contributed by atoms with E-state index in [-0.39, 0.29) is 0 Å². The molecule has 6 aromatic rings. The molecule has 9 rings (SSSR count). The Labute approximate surface area is 362 Å². The van der Waals surface area contributed by atoms with Crippen LogP contribution in [0.1, 0.15) is 51.8 Å². The van der Waals surface area contributed by atoms with Gasteiger partial charge in [0.15, 0.2) is 75.1 Å². The second-order valence-corrected chi connectivity index (χ2v) is 14.6. The summed E-state index contributed by atoms with van der Waals surface area (Å²) in [5.74, 6) is -23.6. The number of furan rings is 1. The zero-order chi connectivity index (χ0) is 47.5. The van der Waals surface area contributed by atoms with Gasteiger partial charge in [0.05, 0.1) is 27.8 Å². The lowest BCUT2D eigenvalue weighted by atomic mass is 9.91. The second-order valence-electron chi connectivity index (χ2n) is 14.6. The van der Waals surface area contributed by atoms with Crippen LogP contribution in [0.2, 0.25) is 0 Å². The van der Waals surface area contributed by atoms with Gasteiger partial charge in [-0.3, -0.25) is 0 Å². The van der Waals surface area contributed by atoms with Crippen LogP contribution < -0.4 is 0 Å². The van der Waals surface area contributed by atoms with Gasteiger partial charge in [0.1, 0.15) is 12.7 Å². The molecule has 340 valence electrons. The van der Waals surface area contributed by atoms with Crippen molar-refractivity contribution in [2.45, 2.75) is 30.7 Å². The first kappa shape index (κ1) is 41.9. The Morgan fingerprint density at radius 2 is 0.879 bits per heavy atom. The molecule has 0 radical (unpaired) electrons. The van der Waals surface area contributed by atoms with E-state index in [2.05, 4.69) is 0 Å². The van der Waals surface area contributed by atoms with Gasteiger partial charge in [-0.25, -0.2) is 24.0 Å². The third-order valence-corrected chi connectivity index (χ3v) is 10.8. The van der Waals surface area contributed by atoms with Crippen molar-refractivity contribution in [3.8, 4) is 85.9 Å². The third-order valence-electron chi connectivity index (χ3n) is 10.8. The molecular formula is C41H26O25. The second kappa shape index (κ2) is 14.6. The van der Waals surface area contributed by atoms with Crippen LogP contribution in [0.5, 0.6) is 74.7 Å². The first-order chi connectivity index (χ1) is 31.2. The van der Waals surface area contributed by atoms with Gasteiger partial charge < -0.3 is 99.2 Å². The van der Waals surface area contributed by atoms with Crippen molar-refractivity contribution < 1.29 is 123 Å². The van der Waals surface area contributed by atoms with Crippen molar-refractivity contribution in [3.05, 3.63) is 64.2 Å².